The molecule has 1 aliphatic rings. The lowest BCUT2D eigenvalue weighted by Crippen LogP contribution is -2.37. The third kappa shape index (κ3) is 6.63. The summed E-state index contributed by atoms with van der Waals surface area (Å²) >= 11 is 0. The maximum atomic E-state index is 5.90. The van der Waals surface area contributed by atoms with Crippen molar-refractivity contribution in [3.63, 3.8) is 0 Å². The minimum absolute atomic E-state index is 0.349. The zero-order valence-electron chi connectivity index (χ0n) is 18.9. The summed E-state index contributed by atoms with van der Waals surface area (Å²) in [6.45, 7) is 7.60. The summed E-state index contributed by atoms with van der Waals surface area (Å²) in [7, 11) is 0. The lowest BCUT2D eigenvalue weighted by atomic mass is 10.2. The van der Waals surface area contributed by atoms with E-state index in [1.54, 1.807) is 6.21 Å². The molecule has 2 N–H and O–H groups in total. The summed E-state index contributed by atoms with van der Waals surface area (Å²) in [5, 5.41) is 7.59. The third-order valence-electron chi connectivity index (χ3n) is 4.81. The van der Waals surface area contributed by atoms with Crippen molar-refractivity contribution in [3.05, 3.63) is 60.2 Å². The van der Waals surface area contributed by atoms with Crippen LogP contribution in [0.1, 0.15) is 19.4 Å². The monoisotopic (exact) mass is 447 g/mol. The van der Waals surface area contributed by atoms with Crippen molar-refractivity contribution in [1.29, 1.82) is 0 Å². The fourth-order valence-corrected chi connectivity index (χ4v) is 3.16. The topological polar surface area (TPSA) is 96.8 Å². The van der Waals surface area contributed by atoms with Crippen molar-refractivity contribution < 1.29 is 9.47 Å². The first kappa shape index (κ1) is 22.5. The van der Waals surface area contributed by atoms with Gasteiger partial charge in [-0.1, -0.05) is 44.2 Å². The number of ether oxygens (including phenoxy) is 2. The lowest BCUT2D eigenvalue weighted by Gasteiger charge is -2.27. The van der Waals surface area contributed by atoms with Crippen LogP contribution in [0.15, 0.2) is 59.7 Å². The molecule has 9 nitrogen and oxygen atoms in total. The number of benzene rings is 2. The highest BCUT2D eigenvalue weighted by Gasteiger charge is 2.16. The summed E-state index contributed by atoms with van der Waals surface area (Å²) in [5.41, 5.74) is 4.71. The van der Waals surface area contributed by atoms with Gasteiger partial charge in [0.15, 0.2) is 0 Å². The van der Waals surface area contributed by atoms with Crippen LogP contribution >= 0.6 is 0 Å². The van der Waals surface area contributed by atoms with Gasteiger partial charge < -0.3 is 19.7 Å². The van der Waals surface area contributed by atoms with Gasteiger partial charge in [0.25, 0.3) is 0 Å². The number of para-hydroxylation sites is 2. The number of morpholine rings is 1. The van der Waals surface area contributed by atoms with Crippen molar-refractivity contribution in [3.8, 4) is 5.75 Å². The Labute approximate surface area is 193 Å². The summed E-state index contributed by atoms with van der Waals surface area (Å²) < 4.78 is 11.4. The van der Waals surface area contributed by atoms with E-state index >= 15 is 0 Å². The molecule has 1 aliphatic heterocycles. The summed E-state index contributed by atoms with van der Waals surface area (Å²) in [5.74, 6) is 2.59. The van der Waals surface area contributed by atoms with E-state index in [2.05, 4.69) is 49.5 Å². The van der Waals surface area contributed by atoms with Gasteiger partial charge in [0.2, 0.25) is 17.8 Å². The fraction of sp³-hybridized carbons (Fsp3) is 0.333. The number of hydrogen-bond donors (Lipinski definition) is 2. The fourth-order valence-electron chi connectivity index (χ4n) is 3.16. The maximum absolute atomic E-state index is 5.90. The van der Waals surface area contributed by atoms with Gasteiger partial charge in [0, 0.05) is 24.3 Å². The molecule has 0 bridgehead atoms. The smallest absolute Gasteiger partial charge is 0.250 e. The first-order valence-electron chi connectivity index (χ1n) is 11.1. The molecular weight excluding hydrogens is 418 g/mol. The highest BCUT2D eigenvalue weighted by Crippen LogP contribution is 2.19. The molecule has 2 aromatic carbocycles. The molecular formula is C24H29N7O2. The van der Waals surface area contributed by atoms with E-state index < -0.39 is 0 Å². The molecule has 0 radical (unpaired) electrons. The van der Waals surface area contributed by atoms with Crippen molar-refractivity contribution in [2.45, 2.75) is 13.8 Å². The highest BCUT2D eigenvalue weighted by molar-refractivity contribution is 5.83. The maximum Gasteiger partial charge on any atom is 0.250 e. The Morgan fingerprint density at radius 3 is 2.52 bits per heavy atom. The molecule has 1 fully saturated rings. The number of anilines is 4. The second-order valence-corrected chi connectivity index (χ2v) is 7.99. The first-order chi connectivity index (χ1) is 16.2. The summed E-state index contributed by atoms with van der Waals surface area (Å²) in [4.78, 5) is 15.7. The third-order valence-corrected chi connectivity index (χ3v) is 4.81. The number of hydrogen-bond acceptors (Lipinski definition) is 9. The Balaban J connectivity index is 1.53. The van der Waals surface area contributed by atoms with E-state index in [-0.39, 0.29) is 0 Å². The van der Waals surface area contributed by atoms with Crippen LogP contribution in [-0.2, 0) is 4.74 Å². The standard InChI is InChI=1S/C24H29N7O2/c1-18(2)17-33-21-11-7-6-8-19(21)16-25-30-23-27-22(26-20-9-4-3-5-10-20)28-24(29-23)31-12-14-32-15-13-31/h3-11,16,18H,12-15,17H2,1-2H3,(H2,26,27,28,29,30)/b25-16-. The molecule has 2 heterocycles. The SMILES string of the molecule is CC(C)COc1ccccc1/C=N\Nc1nc(Nc2ccccc2)nc(N2CCOCC2)n1. The van der Waals surface area contributed by atoms with Gasteiger partial charge in [-0.3, -0.25) is 0 Å². The average Bonchev–Trinajstić information content (AvgIpc) is 2.84. The van der Waals surface area contributed by atoms with Gasteiger partial charge >= 0.3 is 0 Å². The zero-order chi connectivity index (χ0) is 22.9. The predicted molar refractivity (Wildman–Crippen MR) is 131 cm³/mol. The molecule has 33 heavy (non-hydrogen) atoms. The van der Waals surface area contributed by atoms with Crippen LogP contribution in [0.4, 0.5) is 23.5 Å². The number of rotatable bonds is 9. The van der Waals surface area contributed by atoms with Gasteiger partial charge in [-0.05, 0) is 30.2 Å². The molecule has 1 aromatic heterocycles. The largest absolute Gasteiger partial charge is 0.493 e. The van der Waals surface area contributed by atoms with Crippen LogP contribution in [0.5, 0.6) is 5.75 Å². The molecule has 0 atom stereocenters. The first-order valence-corrected chi connectivity index (χ1v) is 11.1. The number of nitrogens with one attached hydrogen (secondary N) is 2. The number of aromatic nitrogens is 3. The van der Waals surface area contributed by atoms with E-state index in [0.717, 1.165) is 30.1 Å². The molecule has 3 aromatic rings. The molecule has 9 heteroatoms. The second-order valence-electron chi connectivity index (χ2n) is 7.99. The Bertz CT molecular complexity index is 1050. The van der Waals surface area contributed by atoms with Crippen molar-refractivity contribution in [2.24, 2.45) is 11.0 Å². The van der Waals surface area contributed by atoms with E-state index in [4.69, 9.17) is 9.47 Å². The minimum atomic E-state index is 0.349. The molecule has 1 saturated heterocycles. The normalized spacial score (nSPS) is 14.0. The zero-order valence-corrected chi connectivity index (χ0v) is 18.9. The quantitative estimate of drug-likeness (QED) is 0.376. The molecule has 0 spiro atoms. The van der Waals surface area contributed by atoms with Gasteiger partial charge in [0.05, 0.1) is 26.0 Å². The van der Waals surface area contributed by atoms with E-state index in [1.165, 1.54) is 0 Å². The Hall–Kier alpha value is -3.72. The van der Waals surface area contributed by atoms with Crippen molar-refractivity contribution in [2.75, 3.05) is 48.6 Å². The molecule has 0 unspecified atom stereocenters. The lowest BCUT2D eigenvalue weighted by molar-refractivity contribution is 0.122. The van der Waals surface area contributed by atoms with Gasteiger partial charge in [-0.15, -0.1) is 0 Å². The van der Waals surface area contributed by atoms with Gasteiger partial charge in [0.1, 0.15) is 5.75 Å². The van der Waals surface area contributed by atoms with Crippen LogP contribution in [0.2, 0.25) is 0 Å². The molecule has 4 rings (SSSR count). The highest BCUT2D eigenvalue weighted by atomic mass is 16.5. The summed E-state index contributed by atoms with van der Waals surface area (Å²) in [6.07, 6.45) is 1.71. The minimum Gasteiger partial charge on any atom is -0.493 e. The predicted octanol–water partition coefficient (Wildman–Crippen LogP) is 3.93. The van der Waals surface area contributed by atoms with Gasteiger partial charge in [-0.2, -0.15) is 20.1 Å². The Morgan fingerprint density at radius 2 is 1.73 bits per heavy atom. The number of nitrogens with zero attached hydrogens (tertiary/aromatic N) is 5. The van der Waals surface area contributed by atoms with E-state index in [0.29, 0.717) is 43.6 Å². The van der Waals surface area contributed by atoms with Crippen molar-refractivity contribution in [1.82, 2.24) is 15.0 Å². The van der Waals surface area contributed by atoms with Crippen LogP contribution in [0, 0.1) is 5.92 Å². The van der Waals surface area contributed by atoms with Crippen LogP contribution in [-0.4, -0.2) is 54.1 Å². The Morgan fingerprint density at radius 1 is 1.00 bits per heavy atom. The summed E-state index contributed by atoms with van der Waals surface area (Å²) in [6, 6.07) is 17.6. The average molecular weight is 448 g/mol. The molecule has 172 valence electrons. The van der Waals surface area contributed by atoms with Crippen LogP contribution in [0.3, 0.4) is 0 Å². The van der Waals surface area contributed by atoms with E-state index in [1.807, 2.05) is 54.6 Å². The molecule has 0 saturated carbocycles. The van der Waals surface area contributed by atoms with Crippen molar-refractivity contribution >= 4 is 29.7 Å². The second kappa shape index (κ2) is 11.2. The number of hydrazone groups is 1. The molecule has 0 aliphatic carbocycles. The van der Waals surface area contributed by atoms with Crippen LogP contribution in [0.25, 0.3) is 0 Å². The van der Waals surface area contributed by atoms with Crippen LogP contribution < -0.4 is 20.4 Å². The molecule has 0 amide bonds. The Kier molecular flexibility index (Phi) is 7.65. The van der Waals surface area contributed by atoms with E-state index in [9.17, 15) is 0 Å². The van der Waals surface area contributed by atoms with Gasteiger partial charge in [-0.25, -0.2) is 5.43 Å².